The number of likely N-dealkylation sites (tertiary alicyclic amines) is 1. The summed E-state index contributed by atoms with van der Waals surface area (Å²) in [5, 5.41) is 1.20. The Kier molecular flexibility index (Phi) is 6.31. The van der Waals surface area contributed by atoms with Crippen molar-refractivity contribution >= 4 is 10.9 Å². The molecule has 1 aliphatic heterocycles. The van der Waals surface area contributed by atoms with Gasteiger partial charge in [-0.1, -0.05) is 18.6 Å². The third-order valence-electron chi connectivity index (χ3n) is 6.67. The van der Waals surface area contributed by atoms with E-state index >= 15 is 0 Å². The summed E-state index contributed by atoms with van der Waals surface area (Å²) in [7, 11) is 3.41. The van der Waals surface area contributed by atoms with Crippen molar-refractivity contribution in [3.05, 3.63) is 67.1 Å². The lowest BCUT2D eigenvalue weighted by molar-refractivity contribution is 0.222. The van der Waals surface area contributed by atoms with Crippen molar-refractivity contribution in [2.45, 2.75) is 25.8 Å². The Hall–Kier alpha value is -3.31. The molecule has 0 aliphatic carbocycles. The van der Waals surface area contributed by atoms with Gasteiger partial charge in [-0.25, -0.2) is 0 Å². The van der Waals surface area contributed by atoms with Gasteiger partial charge in [0.1, 0.15) is 11.5 Å². The van der Waals surface area contributed by atoms with E-state index < -0.39 is 0 Å². The molecule has 5 heteroatoms. The minimum Gasteiger partial charge on any atom is -0.497 e. The highest BCUT2D eigenvalue weighted by molar-refractivity contribution is 5.97. The van der Waals surface area contributed by atoms with Gasteiger partial charge in [0.15, 0.2) is 0 Å². The van der Waals surface area contributed by atoms with E-state index in [-0.39, 0.29) is 0 Å². The number of piperidine rings is 1. The number of benzene rings is 2. The van der Waals surface area contributed by atoms with Crippen LogP contribution in [-0.4, -0.2) is 48.3 Å². The fourth-order valence-corrected chi connectivity index (χ4v) is 4.78. The molecule has 1 saturated heterocycles. The minimum absolute atomic E-state index is 0.853. The summed E-state index contributed by atoms with van der Waals surface area (Å²) in [6, 6.07) is 16.7. The Balaban J connectivity index is 1.51. The minimum atomic E-state index is 0.853. The van der Waals surface area contributed by atoms with Crippen LogP contribution in [0.25, 0.3) is 33.2 Å². The maximum Gasteiger partial charge on any atom is 0.119 e. The number of ether oxygens (including phenoxy) is 2. The summed E-state index contributed by atoms with van der Waals surface area (Å²) in [6.45, 7) is 4.50. The first kappa shape index (κ1) is 21.5. The molecule has 3 heterocycles. The summed E-state index contributed by atoms with van der Waals surface area (Å²) in [5.41, 5.74) is 5.74. The van der Waals surface area contributed by atoms with Crippen molar-refractivity contribution in [2.24, 2.45) is 0 Å². The normalized spacial score (nSPS) is 14.5. The number of aromatic nitrogens is 2. The van der Waals surface area contributed by atoms with E-state index in [1.165, 1.54) is 48.8 Å². The molecule has 170 valence electrons. The van der Waals surface area contributed by atoms with Crippen LogP contribution in [0.5, 0.6) is 11.5 Å². The van der Waals surface area contributed by atoms with Crippen molar-refractivity contribution in [3.8, 4) is 33.8 Å². The third-order valence-corrected chi connectivity index (χ3v) is 6.67. The summed E-state index contributed by atoms with van der Waals surface area (Å²) in [5.74, 6) is 1.73. The zero-order valence-corrected chi connectivity index (χ0v) is 19.5. The topological polar surface area (TPSA) is 39.5 Å². The van der Waals surface area contributed by atoms with E-state index in [1.54, 1.807) is 14.2 Å². The molecule has 0 spiro atoms. The highest BCUT2D eigenvalue weighted by Crippen LogP contribution is 2.35. The fourth-order valence-electron chi connectivity index (χ4n) is 4.78. The van der Waals surface area contributed by atoms with Gasteiger partial charge in [0.2, 0.25) is 0 Å². The van der Waals surface area contributed by atoms with Gasteiger partial charge >= 0.3 is 0 Å². The van der Waals surface area contributed by atoms with Gasteiger partial charge in [-0.2, -0.15) is 0 Å². The van der Waals surface area contributed by atoms with Crippen LogP contribution in [0, 0.1) is 0 Å². The molecule has 0 radical (unpaired) electrons. The number of fused-ring (bicyclic) bond motifs is 1. The van der Waals surface area contributed by atoms with Gasteiger partial charge in [0.05, 0.1) is 14.2 Å². The average molecular weight is 442 g/mol. The van der Waals surface area contributed by atoms with Crippen LogP contribution in [0.15, 0.2) is 67.1 Å². The van der Waals surface area contributed by atoms with Crippen LogP contribution >= 0.6 is 0 Å². The van der Waals surface area contributed by atoms with Crippen LogP contribution < -0.4 is 9.47 Å². The molecule has 0 N–H and O–H groups in total. The number of rotatable bonds is 7. The lowest BCUT2D eigenvalue weighted by Crippen LogP contribution is -2.32. The van der Waals surface area contributed by atoms with Crippen molar-refractivity contribution < 1.29 is 9.47 Å². The van der Waals surface area contributed by atoms with Gasteiger partial charge < -0.3 is 18.9 Å². The quantitative estimate of drug-likeness (QED) is 0.359. The first-order valence-corrected chi connectivity index (χ1v) is 11.7. The third kappa shape index (κ3) is 4.60. The number of pyridine rings is 1. The number of nitrogens with zero attached hydrogens (tertiary/aromatic N) is 3. The van der Waals surface area contributed by atoms with Gasteiger partial charge in [-0.05, 0) is 67.9 Å². The van der Waals surface area contributed by atoms with E-state index in [9.17, 15) is 0 Å². The molecule has 1 aliphatic rings. The van der Waals surface area contributed by atoms with E-state index in [2.05, 4.69) is 57.0 Å². The molecule has 4 aromatic rings. The summed E-state index contributed by atoms with van der Waals surface area (Å²) in [4.78, 5) is 7.17. The molecule has 0 amide bonds. The molecule has 5 rings (SSSR count). The molecule has 5 nitrogen and oxygen atoms in total. The van der Waals surface area contributed by atoms with Crippen LogP contribution in [0.4, 0.5) is 0 Å². The van der Waals surface area contributed by atoms with E-state index in [0.717, 1.165) is 41.3 Å². The first-order valence-electron chi connectivity index (χ1n) is 11.7. The monoisotopic (exact) mass is 441 g/mol. The lowest BCUT2D eigenvalue weighted by Gasteiger charge is -2.26. The molecular formula is C28H31N3O2. The maximum atomic E-state index is 5.55. The summed E-state index contributed by atoms with van der Waals surface area (Å²) < 4.78 is 13.2. The van der Waals surface area contributed by atoms with Crippen molar-refractivity contribution in [2.75, 3.05) is 33.9 Å². The van der Waals surface area contributed by atoms with Crippen molar-refractivity contribution in [1.29, 1.82) is 0 Å². The van der Waals surface area contributed by atoms with Crippen LogP contribution in [0.1, 0.15) is 19.3 Å². The SMILES string of the molecule is COc1ccc(-c2cncc(-c3cn(CCN4CCCCC4)c4ccc(OC)cc34)c2)cc1. The van der Waals surface area contributed by atoms with Gasteiger partial charge in [0, 0.05) is 59.3 Å². The molecule has 0 atom stereocenters. The summed E-state index contributed by atoms with van der Waals surface area (Å²) in [6.07, 6.45) is 10.2. The highest BCUT2D eigenvalue weighted by Gasteiger charge is 2.15. The predicted octanol–water partition coefficient (Wildman–Crippen LogP) is 5.87. The van der Waals surface area contributed by atoms with Crippen LogP contribution in [0.3, 0.4) is 0 Å². The molecule has 1 fully saturated rings. The molecule has 0 unspecified atom stereocenters. The Morgan fingerprint density at radius 2 is 1.48 bits per heavy atom. The highest BCUT2D eigenvalue weighted by atomic mass is 16.5. The molecule has 2 aromatic heterocycles. The zero-order valence-electron chi connectivity index (χ0n) is 19.5. The van der Waals surface area contributed by atoms with Crippen molar-refractivity contribution in [1.82, 2.24) is 14.5 Å². The first-order chi connectivity index (χ1) is 16.2. The van der Waals surface area contributed by atoms with E-state index in [1.807, 2.05) is 24.5 Å². The largest absolute Gasteiger partial charge is 0.497 e. The average Bonchev–Trinajstić information content (AvgIpc) is 3.26. The van der Waals surface area contributed by atoms with Crippen molar-refractivity contribution in [3.63, 3.8) is 0 Å². The molecular weight excluding hydrogens is 410 g/mol. The summed E-state index contributed by atoms with van der Waals surface area (Å²) >= 11 is 0. The molecule has 0 bridgehead atoms. The Morgan fingerprint density at radius 3 is 2.24 bits per heavy atom. The van der Waals surface area contributed by atoms with Gasteiger partial charge in [-0.3, -0.25) is 4.98 Å². The molecule has 0 saturated carbocycles. The maximum absolute atomic E-state index is 5.55. The van der Waals surface area contributed by atoms with Crippen LogP contribution in [-0.2, 0) is 6.54 Å². The second kappa shape index (κ2) is 9.67. The van der Waals surface area contributed by atoms with Crippen LogP contribution in [0.2, 0.25) is 0 Å². The lowest BCUT2D eigenvalue weighted by atomic mass is 10.0. The number of hydrogen-bond acceptors (Lipinski definition) is 4. The second-order valence-corrected chi connectivity index (χ2v) is 8.71. The zero-order chi connectivity index (χ0) is 22.6. The van der Waals surface area contributed by atoms with Gasteiger partial charge in [0.25, 0.3) is 0 Å². The van der Waals surface area contributed by atoms with Gasteiger partial charge in [-0.15, -0.1) is 0 Å². The van der Waals surface area contributed by atoms with E-state index in [0.29, 0.717) is 0 Å². The Labute approximate surface area is 195 Å². The Morgan fingerprint density at radius 1 is 0.758 bits per heavy atom. The predicted molar refractivity (Wildman–Crippen MR) is 134 cm³/mol. The molecule has 2 aromatic carbocycles. The number of methoxy groups -OCH3 is 2. The van der Waals surface area contributed by atoms with E-state index in [4.69, 9.17) is 9.47 Å². The number of hydrogen-bond donors (Lipinski definition) is 0. The molecule has 33 heavy (non-hydrogen) atoms. The standard InChI is InChI=1S/C28H31N3O2/c1-32-24-8-6-21(7-9-24)22-16-23(19-29-18-22)27-20-31(15-14-30-12-4-3-5-13-30)28-11-10-25(33-2)17-26(27)28/h6-11,16-20H,3-5,12-15H2,1-2H3. The second-order valence-electron chi connectivity index (χ2n) is 8.71. The smallest absolute Gasteiger partial charge is 0.119 e. The Bertz CT molecular complexity index is 1220. The fraction of sp³-hybridized carbons (Fsp3) is 0.321.